The molecule has 35 heavy (non-hydrogen) atoms. The lowest BCUT2D eigenvalue weighted by molar-refractivity contribution is -0.161. The maximum Gasteiger partial charge on any atom is 0.246 e. The average Bonchev–Trinajstić information content (AvgIpc) is 3.33. The van der Waals surface area contributed by atoms with Crippen molar-refractivity contribution in [2.45, 2.75) is 103 Å². The Kier molecular flexibility index (Phi) is 9.88. The van der Waals surface area contributed by atoms with E-state index in [0.717, 1.165) is 38.2 Å². The zero-order chi connectivity index (χ0) is 24.1. The van der Waals surface area contributed by atoms with E-state index >= 15 is 0 Å². The van der Waals surface area contributed by atoms with Crippen molar-refractivity contribution < 1.29 is 14.3 Å². The normalized spacial score (nSPS) is 23.0. The van der Waals surface area contributed by atoms with Crippen LogP contribution in [0.15, 0.2) is 24.3 Å². The molecule has 1 aromatic rings. The zero-order valence-electron chi connectivity index (χ0n) is 21.8. The maximum atomic E-state index is 13.4. The molecule has 1 atom stereocenters. The van der Waals surface area contributed by atoms with Crippen molar-refractivity contribution in [1.29, 1.82) is 0 Å². The Morgan fingerprint density at radius 1 is 1.09 bits per heavy atom. The molecular formula is C28H44ClN3O3. The van der Waals surface area contributed by atoms with Gasteiger partial charge < -0.3 is 15.0 Å². The van der Waals surface area contributed by atoms with Gasteiger partial charge >= 0.3 is 0 Å². The molecule has 1 saturated carbocycles. The molecule has 1 N–H and O–H groups in total. The fourth-order valence-electron chi connectivity index (χ4n) is 5.86. The number of likely N-dealkylation sites (tertiary alicyclic amines) is 1. The van der Waals surface area contributed by atoms with Crippen molar-refractivity contribution in [2.75, 3.05) is 19.6 Å². The van der Waals surface area contributed by atoms with Gasteiger partial charge in [-0.3, -0.25) is 14.5 Å². The molecule has 0 bridgehead atoms. The predicted octanol–water partition coefficient (Wildman–Crippen LogP) is 4.94. The van der Waals surface area contributed by atoms with Crippen LogP contribution < -0.4 is 10.1 Å². The van der Waals surface area contributed by atoms with Crippen molar-refractivity contribution in [1.82, 2.24) is 15.1 Å². The Labute approximate surface area is 217 Å². The van der Waals surface area contributed by atoms with Crippen molar-refractivity contribution >= 4 is 24.2 Å². The second-order valence-electron chi connectivity index (χ2n) is 11.0. The van der Waals surface area contributed by atoms with Crippen molar-refractivity contribution in [3.05, 3.63) is 29.8 Å². The minimum atomic E-state index is -0.685. The van der Waals surface area contributed by atoms with Gasteiger partial charge in [0.2, 0.25) is 11.8 Å². The van der Waals surface area contributed by atoms with E-state index in [1.165, 1.54) is 31.2 Å². The molecule has 196 valence electrons. The van der Waals surface area contributed by atoms with E-state index in [4.69, 9.17) is 4.74 Å². The highest BCUT2D eigenvalue weighted by Gasteiger charge is 2.53. The third kappa shape index (κ3) is 6.51. The molecule has 1 aromatic carbocycles. The van der Waals surface area contributed by atoms with E-state index in [1.54, 1.807) is 0 Å². The lowest BCUT2D eigenvalue weighted by Crippen LogP contribution is -2.73. The van der Waals surface area contributed by atoms with Crippen molar-refractivity contribution in [3.8, 4) is 5.75 Å². The summed E-state index contributed by atoms with van der Waals surface area (Å²) in [5, 5.41) is 3.10. The molecule has 7 heteroatoms. The second kappa shape index (κ2) is 12.4. The van der Waals surface area contributed by atoms with Crippen LogP contribution in [-0.4, -0.2) is 58.9 Å². The smallest absolute Gasteiger partial charge is 0.246 e. The van der Waals surface area contributed by atoms with Crippen LogP contribution in [0.2, 0.25) is 0 Å². The molecular weight excluding hydrogens is 462 g/mol. The molecule has 6 nitrogen and oxygen atoms in total. The van der Waals surface area contributed by atoms with E-state index in [0.29, 0.717) is 37.8 Å². The molecule has 1 spiro atoms. The molecule has 4 rings (SSSR count). The minimum absolute atomic E-state index is 0. The summed E-state index contributed by atoms with van der Waals surface area (Å²) < 4.78 is 6.10. The van der Waals surface area contributed by atoms with Gasteiger partial charge in [-0.2, -0.15) is 0 Å². The summed E-state index contributed by atoms with van der Waals surface area (Å²) in [7, 11) is 0. The van der Waals surface area contributed by atoms with Crippen LogP contribution in [0.5, 0.6) is 5.75 Å². The van der Waals surface area contributed by atoms with Crippen LogP contribution in [-0.2, 0) is 16.1 Å². The summed E-state index contributed by atoms with van der Waals surface area (Å²) in [4.78, 5) is 31.2. The number of hydrogen-bond donors (Lipinski definition) is 1. The monoisotopic (exact) mass is 505 g/mol. The number of ether oxygens (including phenoxy) is 1. The molecule has 2 aliphatic heterocycles. The second-order valence-corrected chi connectivity index (χ2v) is 11.0. The zero-order valence-corrected chi connectivity index (χ0v) is 22.6. The van der Waals surface area contributed by atoms with Gasteiger partial charge in [0.05, 0.1) is 6.10 Å². The van der Waals surface area contributed by atoms with Crippen molar-refractivity contribution in [2.24, 2.45) is 5.92 Å². The number of benzene rings is 1. The summed E-state index contributed by atoms with van der Waals surface area (Å²) in [5.41, 5.74) is 0.577. The molecule has 0 radical (unpaired) electrons. The number of nitrogens with one attached hydrogen (secondary N) is 1. The fraction of sp³-hybridized carbons (Fsp3) is 0.714. The van der Waals surface area contributed by atoms with Crippen molar-refractivity contribution in [3.63, 3.8) is 0 Å². The molecule has 1 unspecified atom stereocenters. The van der Waals surface area contributed by atoms with Gasteiger partial charge in [0.1, 0.15) is 17.3 Å². The molecule has 0 aromatic heterocycles. The van der Waals surface area contributed by atoms with E-state index in [9.17, 15) is 9.59 Å². The molecule has 2 saturated heterocycles. The summed E-state index contributed by atoms with van der Waals surface area (Å²) in [6.07, 6.45) is 9.32. The molecule has 1 aliphatic carbocycles. The quantitative estimate of drug-likeness (QED) is 0.516. The lowest BCUT2D eigenvalue weighted by atomic mass is 9.80. The molecule has 3 aliphatic rings. The van der Waals surface area contributed by atoms with E-state index in [2.05, 4.69) is 55.3 Å². The Hall–Kier alpha value is -1.79. The lowest BCUT2D eigenvalue weighted by Gasteiger charge is -2.52. The number of piperidine rings is 1. The highest BCUT2D eigenvalue weighted by atomic mass is 35.5. The third-order valence-corrected chi connectivity index (χ3v) is 7.87. The fourth-order valence-corrected chi connectivity index (χ4v) is 5.86. The summed E-state index contributed by atoms with van der Waals surface area (Å²) >= 11 is 0. The molecule has 3 fully saturated rings. The average molecular weight is 506 g/mol. The van der Waals surface area contributed by atoms with Gasteiger partial charge in [0.15, 0.2) is 0 Å². The number of carbonyl (C=O) groups excluding carboxylic acids is 2. The third-order valence-electron chi connectivity index (χ3n) is 7.87. The number of amides is 2. The van der Waals surface area contributed by atoms with Crippen LogP contribution in [0.25, 0.3) is 0 Å². The van der Waals surface area contributed by atoms with Crippen LogP contribution in [0.1, 0.15) is 84.1 Å². The van der Waals surface area contributed by atoms with Gasteiger partial charge in [-0.05, 0) is 75.0 Å². The Balaban J connectivity index is 0.00000342. The number of nitrogens with zero attached hydrogens (tertiary/aromatic N) is 2. The highest BCUT2D eigenvalue weighted by molar-refractivity contribution is 6.00. The van der Waals surface area contributed by atoms with Crippen LogP contribution >= 0.6 is 12.4 Å². The van der Waals surface area contributed by atoms with Crippen LogP contribution in [0.3, 0.4) is 0 Å². The first-order valence-corrected chi connectivity index (χ1v) is 13.5. The van der Waals surface area contributed by atoms with E-state index < -0.39 is 5.54 Å². The number of carbonyl (C=O) groups is 2. The maximum absolute atomic E-state index is 13.4. The number of halogens is 1. The Morgan fingerprint density at radius 3 is 2.34 bits per heavy atom. The standard InChI is InChI=1S/C28H43N3O3.ClH/c1-4-5-16-31-26(32)25(19-21(2)3)29-27(33)28(31)14-17-30(18-15-28)20-22-10-12-24(13-11-22)34-23-8-6-7-9-23;/h10-13,21,23,25H,4-9,14-20H2,1-3H3,(H,29,33);1H. The van der Waals surface area contributed by atoms with E-state index in [1.807, 2.05) is 4.90 Å². The number of hydrogen-bond acceptors (Lipinski definition) is 4. The largest absolute Gasteiger partial charge is 0.490 e. The summed E-state index contributed by atoms with van der Waals surface area (Å²) in [6, 6.07) is 8.13. The van der Waals surface area contributed by atoms with Gasteiger partial charge in [0.25, 0.3) is 0 Å². The SMILES string of the molecule is CCCCN1C(=O)C(CC(C)C)NC(=O)C12CCN(Cc1ccc(OC3CCCC3)cc1)CC2.Cl. The summed E-state index contributed by atoms with van der Waals surface area (Å²) in [5.74, 6) is 1.51. The van der Waals surface area contributed by atoms with Gasteiger partial charge in [-0.25, -0.2) is 0 Å². The van der Waals surface area contributed by atoms with Gasteiger partial charge in [-0.15, -0.1) is 12.4 Å². The minimum Gasteiger partial charge on any atom is -0.490 e. The molecule has 2 heterocycles. The van der Waals surface area contributed by atoms with Crippen LogP contribution in [0.4, 0.5) is 0 Å². The molecule has 2 amide bonds. The van der Waals surface area contributed by atoms with Gasteiger partial charge in [0, 0.05) is 26.2 Å². The number of rotatable bonds is 9. The van der Waals surface area contributed by atoms with E-state index in [-0.39, 0.29) is 30.3 Å². The van der Waals surface area contributed by atoms with Gasteiger partial charge in [-0.1, -0.05) is 39.3 Å². The first-order valence-electron chi connectivity index (χ1n) is 13.5. The highest BCUT2D eigenvalue weighted by Crippen LogP contribution is 2.35. The first kappa shape index (κ1) is 27.8. The number of piperazine rings is 1. The number of unbranched alkanes of at least 4 members (excludes halogenated alkanes) is 1. The Morgan fingerprint density at radius 2 is 1.74 bits per heavy atom. The Bertz CT molecular complexity index is 830. The summed E-state index contributed by atoms with van der Waals surface area (Å²) in [6.45, 7) is 9.52. The predicted molar refractivity (Wildman–Crippen MR) is 142 cm³/mol. The topological polar surface area (TPSA) is 61.9 Å². The first-order chi connectivity index (χ1) is 16.4. The van der Waals surface area contributed by atoms with Crippen LogP contribution in [0, 0.1) is 5.92 Å².